The van der Waals surface area contributed by atoms with E-state index in [1.165, 1.54) is 32.1 Å². The van der Waals surface area contributed by atoms with E-state index in [0.29, 0.717) is 5.92 Å². The maximum absolute atomic E-state index is 12.2. The summed E-state index contributed by atoms with van der Waals surface area (Å²) < 4.78 is 10.6. The van der Waals surface area contributed by atoms with Gasteiger partial charge < -0.3 is 20.1 Å². The number of benzene rings is 1. The fourth-order valence-corrected chi connectivity index (χ4v) is 3.09. The first-order chi connectivity index (χ1) is 10.7. The summed E-state index contributed by atoms with van der Waals surface area (Å²) >= 11 is 0. The van der Waals surface area contributed by atoms with Crippen LogP contribution in [0, 0.1) is 5.92 Å². The molecule has 120 valence electrons. The molecule has 1 atom stereocenters. The molecule has 0 bridgehead atoms. The number of hydrogen-bond donors (Lipinski definition) is 2. The number of rotatable bonds is 5. The smallest absolute Gasteiger partial charge is 0.242 e. The normalized spacial score (nSPS) is 18.8. The molecule has 1 fully saturated rings. The fraction of sp³-hybridized carbons (Fsp3) is 0.588. The summed E-state index contributed by atoms with van der Waals surface area (Å²) in [5.74, 6) is 2.17. The Morgan fingerprint density at radius 1 is 1.23 bits per heavy atom. The third kappa shape index (κ3) is 3.64. The SMILES string of the molecule is C[C@H](Nc1ccc2c(c1)OCO2)C(=O)NCC1CCCCC1. The van der Waals surface area contributed by atoms with E-state index >= 15 is 0 Å². The molecule has 2 N–H and O–H groups in total. The van der Waals surface area contributed by atoms with E-state index in [9.17, 15) is 4.79 Å². The Hall–Kier alpha value is -1.91. The first-order valence-corrected chi connectivity index (χ1v) is 8.16. The second kappa shape index (κ2) is 6.90. The van der Waals surface area contributed by atoms with Gasteiger partial charge in [0.15, 0.2) is 11.5 Å². The standard InChI is InChI=1S/C17H24N2O3/c1-12(17(20)18-10-13-5-3-2-4-6-13)19-14-7-8-15-16(9-14)22-11-21-15/h7-9,12-13,19H,2-6,10-11H2,1H3,(H,18,20)/t12-/m0/s1. The zero-order chi connectivity index (χ0) is 15.4. The molecule has 0 unspecified atom stereocenters. The zero-order valence-electron chi connectivity index (χ0n) is 13.1. The van der Waals surface area contributed by atoms with Crippen molar-refractivity contribution in [2.24, 2.45) is 5.92 Å². The van der Waals surface area contributed by atoms with Gasteiger partial charge in [-0.3, -0.25) is 4.79 Å². The summed E-state index contributed by atoms with van der Waals surface area (Å²) in [5, 5.41) is 6.28. The van der Waals surface area contributed by atoms with Gasteiger partial charge in [-0.1, -0.05) is 19.3 Å². The van der Waals surface area contributed by atoms with E-state index in [4.69, 9.17) is 9.47 Å². The second-order valence-electron chi connectivity index (χ2n) is 6.18. The van der Waals surface area contributed by atoms with Gasteiger partial charge in [0, 0.05) is 18.3 Å². The topological polar surface area (TPSA) is 59.6 Å². The highest BCUT2D eigenvalue weighted by molar-refractivity contribution is 5.84. The van der Waals surface area contributed by atoms with Crippen molar-refractivity contribution in [1.82, 2.24) is 5.32 Å². The fourth-order valence-electron chi connectivity index (χ4n) is 3.09. The van der Waals surface area contributed by atoms with Gasteiger partial charge in [0.2, 0.25) is 12.7 Å². The van der Waals surface area contributed by atoms with Crippen molar-refractivity contribution in [1.29, 1.82) is 0 Å². The number of anilines is 1. The van der Waals surface area contributed by atoms with Crippen molar-refractivity contribution in [2.75, 3.05) is 18.7 Å². The molecule has 0 aromatic heterocycles. The first-order valence-electron chi connectivity index (χ1n) is 8.16. The minimum Gasteiger partial charge on any atom is -0.454 e. The summed E-state index contributed by atoms with van der Waals surface area (Å²) in [6.07, 6.45) is 6.41. The monoisotopic (exact) mass is 304 g/mol. The van der Waals surface area contributed by atoms with Crippen molar-refractivity contribution in [3.63, 3.8) is 0 Å². The quantitative estimate of drug-likeness (QED) is 0.878. The van der Waals surface area contributed by atoms with Crippen LogP contribution in [0.1, 0.15) is 39.0 Å². The molecular formula is C17H24N2O3. The molecule has 0 radical (unpaired) electrons. The molecule has 3 rings (SSSR count). The predicted octanol–water partition coefficient (Wildman–Crippen LogP) is 2.91. The maximum atomic E-state index is 12.2. The van der Waals surface area contributed by atoms with Crippen molar-refractivity contribution in [3.05, 3.63) is 18.2 Å². The number of amides is 1. The molecule has 0 spiro atoms. The molecule has 1 saturated carbocycles. The van der Waals surface area contributed by atoms with Crippen LogP contribution in [-0.4, -0.2) is 25.3 Å². The van der Waals surface area contributed by atoms with Gasteiger partial charge in [0.25, 0.3) is 0 Å². The van der Waals surface area contributed by atoms with Crippen LogP contribution in [0.3, 0.4) is 0 Å². The Kier molecular flexibility index (Phi) is 4.71. The molecule has 1 aliphatic carbocycles. The highest BCUT2D eigenvalue weighted by Crippen LogP contribution is 2.34. The average molecular weight is 304 g/mol. The van der Waals surface area contributed by atoms with Crippen LogP contribution in [0.25, 0.3) is 0 Å². The molecule has 1 aromatic carbocycles. The summed E-state index contributed by atoms with van der Waals surface area (Å²) in [6.45, 7) is 2.93. The number of carbonyl (C=O) groups is 1. The Morgan fingerprint density at radius 3 is 2.82 bits per heavy atom. The predicted molar refractivity (Wildman–Crippen MR) is 85.2 cm³/mol. The molecule has 1 aliphatic heterocycles. The van der Waals surface area contributed by atoms with Gasteiger partial charge >= 0.3 is 0 Å². The minimum absolute atomic E-state index is 0.0447. The Balaban J connectivity index is 1.48. The van der Waals surface area contributed by atoms with E-state index in [0.717, 1.165) is 23.7 Å². The lowest BCUT2D eigenvalue weighted by Gasteiger charge is -2.23. The van der Waals surface area contributed by atoms with Crippen molar-refractivity contribution >= 4 is 11.6 Å². The van der Waals surface area contributed by atoms with Gasteiger partial charge in [-0.15, -0.1) is 0 Å². The molecule has 1 heterocycles. The molecule has 0 saturated heterocycles. The highest BCUT2D eigenvalue weighted by atomic mass is 16.7. The van der Waals surface area contributed by atoms with Crippen LogP contribution in [-0.2, 0) is 4.79 Å². The van der Waals surface area contributed by atoms with Crippen LogP contribution >= 0.6 is 0 Å². The number of fused-ring (bicyclic) bond motifs is 1. The van der Waals surface area contributed by atoms with E-state index < -0.39 is 0 Å². The Labute approximate surface area is 131 Å². The van der Waals surface area contributed by atoms with E-state index in [1.54, 1.807) is 0 Å². The van der Waals surface area contributed by atoms with E-state index in [2.05, 4.69) is 10.6 Å². The van der Waals surface area contributed by atoms with Gasteiger partial charge in [-0.05, 0) is 37.8 Å². The molecule has 1 amide bonds. The average Bonchev–Trinajstić information content (AvgIpc) is 3.01. The van der Waals surface area contributed by atoms with Crippen molar-refractivity contribution in [2.45, 2.75) is 45.1 Å². The number of hydrogen-bond acceptors (Lipinski definition) is 4. The largest absolute Gasteiger partial charge is 0.454 e. The lowest BCUT2D eigenvalue weighted by molar-refractivity contribution is -0.121. The third-order valence-corrected chi connectivity index (χ3v) is 4.44. The zero-order valence-corrected chi connectivity index (χ0v) is 13.1. The van der Waals surface area contributed by atoms with Gasteiger partial charge in [-0.25, -0.2) is 0 Å². The van der Waals surface area contributed by atoms with Crippen molar-refractivity contribution < 1.29 is 14.3 Å². The Bertz CT molecular complexity index is 527. The second-order valence-corrected chi connectivity index (χ2v) is 6.18. The first kappa shape index (κ1) is 15.0. The minimum atomic E-state index is -0.274. The summed E-state index contributed by atoms with van der Waals surface area (Å²) in [6, 6.07) is 5.35. The summed E-state index contributed by atoms with van der Waals surface area (Å²) in [5.41, 5.74) is 0.865. The van der Waals surface area contributed by atoms with Crippen LogP contribution in [0.4, 0.5) is 5.69 Å². The third-order valence-electron chi connectivity index (χ3n) is 4.44. The highest BCUT2D eigenvalue weighted by Gasteiger charge is 2.18. The van der Waals surface area contributed by atoms with Crippen LogP contribution in [0.5, 0.6) is 11.5 Å². The van der Waals surface area contributed by atoms with Crippen LogP contribution in [0.15, 0.2) is 18.2 Å². The summed E-state index contributed by atoms with van der Waals surface area (Å²) in [7, 11) is 0. The molecule has 2 aliphatic rings. The molecule has 1 aromatic rings. The number of carbonyl (C=O) groups excluding carboxylic acids is 1. The van der Waals surface area contributed by atoms with E-state index in [1.807, 2.05) is 25.1 Å². The lowest BCUT2D eigenvalue weighted by atomic mass is 9.89. The lowest BCUT2D eigenvalue weighted by Crippen LogP contribution is -2.40. The van der Waals surface area contributed by atoms with Gasteiger partial charge in [-0.2, -0.15) is 0 Å². The molecule has 5 nitrogen and oxygen atoms in total. The van der Waals surface area contributed by atoms with Crippen LogP contribution < -0.4 is 20.1 Å². The van der Waals surface area contributed by atoms with Gasteiger partial charge in [0.05, 0.1) is 0 Å². The number of ether oxygens (including phenoxy) is 2. The van der Waals surface area contributed by atoms with Crippen molar-refractivity contribution in [3.8, 4) is 11.5 Å². The molecular weight excluding hydrogens is 280 g/mol. The van der Waals surface area contributed by atoms with Crippen LogP contribution in [0.2, 0.25) is 0 Å². The molecule has 22 heavy (non-hydrogen) atoms. The molecule has 5 heteroatoms. The Morgan fingerprint density at radius 2 is 2.00 bits per heavy atom. The maximum Gasteiger partial charge on any atom is 0.242 e. The number of nitrogens with one attached hydrogen (secondary N) is 2. The van der Waals surface area contributed by atoms with E-state index in [-0.39, 0.29) is 18.7 Å². The van der Waals surface area contributed by atoms with Gasteiger partial charge in [0.1, 0.15) is 6.04 Å². The summed E-state index contributed by atoms with van der Waals surface area (Å²) in [4.78, 5) is 12.2.